The molecule has 0 N–H and O–H groups in total. The van der Waals surface area contributed by atoms with E-state index in [1.165, 1.54) is 0 Å². The van der Waals surface area contributed by atoms with Crippen molar-refractivity contribution in [3.8, 4) is 11.3 Å². The molecule has 2 aromatic heterocycles. The first-order valence-electron chi connectivity index (χ1n) is 4.61. The molecule has 76 valence electrons. The molecule has 0 amide bonds. The van der Waals surface area contributed by atoms with E-state index in [4.69, 9.17) is 0 Å². The minimum Gasteiger partial charge on any atom is -0.298 e. The lowest BCUT2D eigenvalue weighted by Crippen LogP contribution is -1.89. The summed E-state index contributed by atoms with van der Waals surface area (Å²) in [5.74, 6) is 0. The van der Waals surface area contributed by atoms with Crippen LogP contribution in [0.3, 0.4) is 0 Å². The summed E-state index contributed by atoms with van der Waals surface area (Å²) in [6.07, 6.45) is 5.99. The average molecular weight is 201 g/mol. The molecular weight excluding hydrogens is 190 g/mol. The average Bonchev–Trinajstić information content (AvgIpc) is 2.59. The number of aryl methyl sites for hydroxylation is 2. The molecule has 4 nitrogen and oxygen atoms in total. The third-order valence-corrected chi connectivity index (χ3v) is 2.13. The van der Waals surface area contributed by atoms with Crippen LogP contribution in [0.2, 0.25) is 0 Å². The van der Waals surface area contributed by atoms with Crippen LogP contribution in [0, 0.1) is 6.92 Å². The van der Waals surface area contributed by atoms with Crippen LogP contribution in [0.4, 0.5) is 0 Å². The van der Waals surface area contributed by atoms with Gasteiger partial charge in [0, 0.05) is 31.2 Å². The van der Waals surface area contributed by atoms with Gasteiger partial charge < -0.3 is 0 Å². The standard InChI is InChI=1S/C11H11N3O/c1-8-3-9(5-12-4-8)11-10(7-15)6-14(2)13-11/h3-7H,1-2H3. The fourth-order valence-corrected chi connectivity index (χ4v) is 1.50. The minimum absolute atomic E-state index is 0.588. The second-order valence-corrected chi connectivity index (χ2v) is 3.48. The van der Waals surface area contributed by atoms with Gasteiger partial charge in [-0.1, -0.05) is 0 Å². The zero-order valence-corrected chi connectivity index (χ0v) is 8.64. The summed E-state index contributed by atoms with van der Waals surface area (Å²) in [4.78, 5) is 14.9. The number of rotatable bonds is 2. The van der Waals surface area contributed by atoms with Crippen molar-refractivity contribution in [1.82, 2.24) is 14.8 Å². The number of hydrogen-bond acceptors (Lipinski definition) is 3. The quantitative estimate of drug-likeness (QED) is 0.693. The summed E-state index contributed by atoms with van der Waals surface area (Å²) in [7, 11) is 1.79. The van der Waals surface area contributed by atoms with Crippen molar-refractivity contribution in [2.24, 2.45) is 7.05 Å². The largest absolute Gasteiger partial charge is 0.298 e. The Morgan fingerprint density at radius 1 is 1.40 bits per heavy atom. The first kappa shape index (κ1) is 9.58. The van der Waals surface area contributed by atoms with Crippen LogP contribution in [0.1, 0.15) is 15.9 Å². The Bertz CT molecular complexity index is 502. The first-order chi connectivity index (χ1) is 7.20. The molecule has 0 aliphatic carbocycles. The van der Waals surface area contributed by atoms with Gasteiger partial charge in [-0.15, -0.1) is 0 Å². The molecule has 2 aromatic rings. The predicted octanol–water partition coefficient (Wildman–Crippen LogP) is 1.60. The van der Waals surface area contributed by atoms with E-state index < -0.39 is 0 Å². The molecule has 0 aliphatic heterocycles. The van der Waals surface area contributed by atoms with Gasteiger partial charge in [0.15, 0.2) is 6.29 Å². The van der Waals surface area contributed by atoms with E-state index in [0.29, 0.717) is 11.3 Å². The van der Waals surface area contributed by atoms with Crippen molar-refractivity contribution in [3.63, 3.8) is 0 Å². The summed E-state index contributed by atoms with van der Waals surface area (Å²) < 4.78 is 1.63. The molecule has 0 saturated heterocycles. The highest BCUT2D eigenvalue weighted by atomic mass is 16.1. The summed E-state index contributed by atoms with van der Waals surface area (Å²) in [6.45, 7) is 1.96. The number of hydrogen-bond donors (Lipinski definition) is 0. The molecule has 0 atom stereocenters. The molecule has 4 heteroatoms. The zero-order valence-electron chi connectivity index (χ0n) is 8.64. The molecule has 0 radical (unpaired) electrons. The molecule has 0 unspecified atom stereocenters. The molecule has 0 saturated carbocycles. The second-order valence-electron chi connectivity index (χ2n) is 3.48. The Kier molecular flexibility index (Phi) is 2.33. The maximum Gasteiger partial charge on any atom is 0.153 e. The highest BCUT2D eigenvalue weighted by Crippen LogP contribution is 2.20. The summed E-state index contributed by atoms with van der Waals surface area (Å²) in [6, 6.07) is 1.96. The first-order valence-corrected chi connectivity index (χ1v) is 4.61. The lowest BCUT2D eigenvalue weighted by Gasteiger charge is -1.98. The van der Waals surface area contributed by atoms with Crippen LogP contribution >= 0.6 is 0 Å². The summed E-state index contributed by atoms with van der Waals surface area (Å²) >= 11 is 0. The Morgan fingerprint density at radius 3 is 2.87 bits per heavy atom. The van der Waals surface area contributed by atoms with E-state index in [0.717, 1.165) is 17.4 Å². The van der Waals surface area contributed by atoms with Crippen LogP contribution in [-0.4, -0.2) is 21.1 Å². The molecule has 0 spiro atoms. The zero-order chi connectivity index (χ0) is 10.8. The minimum atomic E-state index is 0.588. The fourth-order valence-electron chi connectivity index (χ4n) is 1.50. The Labute approximate surface area is 87.6 Å². The van der Waals surface area contributed by atoms with Crippen molar-refractivity contribution >= 4 is 6.29 Å². The number of pyridine rings is 1. The van der Waals surface area contributed by atoms with Gasteiger partial charge in [-0.05, 0) is 18.6 Å². The van der Waals surface area contributed by atoms with Crippen LogP contribution in [0.15, 0.2) is 24.7 Å². The van der Waals surface area contributed by atoms with Gasteiger partial charge >= 0.3 is 0 Å². The second kappa shape index (κ2) is 3.65. The van der Waals surface area contributed by atoms with E-state index in [1.54, 1.807) is 30.3 Å². The van der Waals surface area contributed by atoms with Crippen LogP contribution in [-0.2, 0) is 7.05 Å². The van der Waals surface area contributed by atoms with Gasteiger partial charge in [-0.25, -0.2) is 0 Å². The van der Waals surface area contributed by atoms with E-state index in [1.807, 2.05) is 13.0 Å². The molecule has 0 aromatic carbocycles. The van der Waals surface area contributed by atoms with E-state index in [-0.39, 0.29) is 0 Å². The molecule has 2 heterocycles. The van der Waals surface area contributed by atoms with Crippen LogP contribution < -0.4 is 0 Å². The van der Waals surface area contributed by atoms with Gasteiger partial charge in [0.2, 0.25) is 0 Å². The van der Waals surface area contributed by atoms with Crippen molar-refractivity contribution < 1.29 is 4.79 Å². The Morgan fingerprint density at radius 2 is 2.20 bits per heavy atom. The lowest BCUT2D eigenvalue weighted by molar-refractivity contribution is 0.112. The molecule has 0 fully saturated rings. The SMILES string of the molecule is Cc1cncc(-c2nn(C)cc2C=O)c1. The summed E-state index contributed by atoms with van der Waals surface area (Å²) in [5.41, 5.74) is 3.20. The number of aromatic nitrogens is 3. The Balaban J connectivity index is 2.57. The van der Waals surface area contributed by atoms with Gasteiger partial charge in [0.05, 0.1) is 5.56 Å². The number of nitrogens with zero attached hydrogens (tertiary/aromatic N) is 3. The summed E-state index contributed by atoms with van der Waals surface area (Å²) in [5, 5.41) is 4.24. The van der Waals surface area contributed by atoms with Gasteiger partial charge in [0.1, 0.15) is 5.69 Å². The van der Waals surface area contributed by atoms with Crippen molar-refractivity contribution in [3.05, 3.63) is 35.8 Å². The predicted molar refractivity (Wildman–Crippen MR) is 56.6 cm³/mol. The number of carbonyl (C=O) groups excluding carboxylic acids is 1. The van der Waals surface area contributed by atoms with Gasteiger partial charge in [0.25, 0.3) is 0 Å². The van der Waals surface area contributed by atoms with Crippen molar-refractivity contribution in [2.75, 3.05) is 0 Å². The van der Waals surface area contributed by atoms with E-state index >= 15 is 0 Å². The van der Waals surface area contributed by atoms with Crippen LogP contribution in [0.5, 0.6) is 0 Å². The third-order valence-electron chi connectivity index (χ3n) is 2.13. The molecular formula is C11H11N3O. The fraction of sp³-hybridized carbons (Fsp3) is 0.182. The highest BCUT2D eigenvalue weighted by Gasteiger charge is 2.09. The molecule has 0 bridgehead atoms. The van der Waals surface area contributed by atoms with Crippen molar-refractivity contribution in [1.29, 1.82) is 0 Å². The maximum absolute atomic E-state index is 10.8. The van der Waals surface area contributed by atoms with Gasteiger partial charge in [-0.3, -0.25) is 14.5 Å². The molecule has 2 rings (SSSR count). The number of aldehydes is 1. The smallest absolute Gasteiger partial charge is 0.153 e. The monoisotopic (exact) mass is 201 g/mol. The van der Waals surface area contributed by atoms with E-state index in [9.17, 15) is 4.79 Å². The topological polar surface area (TPSA) is 47.8 Å². The van der Waals surface area contributed by atoms with Crippen molar-refractivity contribution in [2.45, 2.75) is 6.92 Å². The highest BCUT2D eigenvalue weighted by molar-refractivity contribution is 5.85. The lowest BCUT2D eigenvalue weighted by atomic mass is 10.1. The van der Waals surface area contributed by atoms with Gasteiger partial charge in [-0.2, -0.15) is 5.10 Å². The Hall–Kier alpha value is -1.97. The third kappa shape index (κ3) is 1.79. The number of carbonyl (C=O) groups is 1. The normalized spacial score (nSPS) is 10.3. The molecule has 15 heavy (non-hydrogen) atoms. The van der Waals surface area contributed by atoms with Crippen LogP contribution in [0.25, 0.3) is 11.3 Å². The molecule has 0 aliphatic rings. The maximum atomic E-state index is 10.8. The van der Waals surface area contributed by atoms with E-state index in [2.05, 4.69) is 10.1 Å².